The van der Waals surface area contributed by atoms with Crippen molar-refractivity contribution in [2.45, 2.75) is 6.92 Å². The van der Waals surface area contributed by atoms with E-state index in [4.69, 9.17) is 5.84 Å². The first-order valence-electron chi connectivity index (χ1n) is 6.00. The van der Waals surface area contributed by atoms with Crippen LogP contribution in [0.25, 0.3) is 0 Å². The Kier molecular flexibility index (Phi) is 4.10. The van der Waals surface area contributed by atoms with Gasteiger partial charge in [0.2, 0.25) is 0 Å². The molecule has 0 aliphatic heterocycles. The summed E-state index contributed by atoms with van der Waals surface area (Å²) in [6, 6.07) is 7.29. The van der Waals surface area contributed by atoms with E-state index in [0.717, 1.165) is 0 Å². The van der Waals surface area contributed by atoms with Crippen LogP contribution in [0.5, 0.6) is 0 Å². The van der Waals surface area contributed by atoms with Gasteiger partial charge in [-0.2, -0.15) is 0 Å². The zero-order valence-electron chi connectivity index (χ0n) is 11.2. The molecule has 0 saturated heterocycles. The Hall–Kier alpha value is -3.00. The van der Waals surface area contributed by atoms with Crippen molar-refractivity contribution >= 4 is 23.0 Å². The quantitative estimate of drug-likeness (QED) is 0.448. The highest BCUT2D eigenvalue weighted by molar-refractivity contribution is 6.07. The summed E-state index contributed by atoms with van der Waals surface area (Å²) in [5.41, 5.74) is 4.01. The van der Waals surface area contributed by atoms with Crippen molar-refractivity contribution in [3.8, 4) is 0 Å². The second-order valence-corrected chi connectivity index (χ2v) is 4.28. The third-order valence-corrected chi connectivity index (χ3v) is 2.76. The maximum absolute atomic E-state index is 12.2. The number of hydrazine groups is 1. The summed E-state index contributed by atoms with van der Waals surface area (Å²) in [5.74, 6) is 4.91. The van der Waals surface area contributed by atoms with Crippen LogP contribution in [0, 0.1) is 17.0 Å². The van der Waals surface area contributed by atoms with Gasteiger partial charge in [-0.15, -0.1) is 0 Å². The van der Waals surface area contributed by atoms with Crippen molar-refractivity contribution in [1.82, 2.24) is 4.98 Å². The number of nitrogens with two attached hydrogens (primary N) is 1. The van der Waals surface area contributed by atoms with Crippen molar-refractivity contribution in [3.05, 3.63) is 57.9 Å². The average molecular weight is 287 g/mol. The van der Waals surface area contributed by atoms with Crippen molar-refractivity contribution in [2.24, 2.45) is 5.84 Å². The second kappa shape index (κ2) is 5.97. The van der Waals surface area contributed by atoms with Gasteiger partial charge < -0.3 is 10.7 Å². The number of amides is 1. The standard InChI is InChI=1S/C13H13N5O3/c1-8-5-12(17-14)11(7-15-8)13(19)16-9-3-2-4-10(6-9)18(20)21/h2-7H,14H2,1H3,(H,15,17)(H,16,19). The van der Waals surface area contributed by atoms with Crippen LogP contribution < -0.4 is 16.6 Å². The van der Waals surface area contributed by atoms with Gasteiger partial charge in [-0.1, -0.05) is 6.07 Å². The number of aromatic nitrogens is 1. The minimum atomic E-state index is -0.532. The molecule has 0 unspecified atom stereocenters. The molecule has 1 amide bonds. The number of carbonyl (C=O) groups excluding carboxylic acids is 1. The van der Waals surface area contributed by atoms with E-state index >= 15 is 0 Å². The molecule has 2 aromatic rings. The number of pyridine rings is 1. The maximum atomic E-state index is 12.2. The van der Waals surface area contributed by atoms with Crippen molar-refractivity contribution < 1.29 is 9.72 Å². The van der Waals surface area contributed by atoms with E-state index in [1.807, 2.05) is 0 Å². The van der Waals surface area contributed by atoms with E-state index in [2.05, 4.69) is 15.7 Å². The Balaban J connectivity index is 2.26. The van der Waals surface area contributed by atoms with Crippen LogP contribution in [0.2, 0.25) is 0 Å². The largest absolute Gasteiger partial charge is 0.323 e. The van der Waals surface area contributed by atoms with Crippen molar-refractivity contribution in [2.75, 3.05) is 10.7 Å². The number of rotatable bonds is 4. The lowest BCUT2D eigenvalue weighted by Crippen LogP contribution is -2.18. The monoisotopic (exact) mass is 287 g/mol. The zero-order chi connectivity index (χ0) is 15.4. The number of nitrogen functional groups attached to an aromatic ring is 1. The summed E-state index contributed by atoms with van der Waals surface area (Å²) in [6.45, 7) is 1.77. The summed E-state index contributed by atoms with van der Waals surface area (Å²) >= 11 is 0. The number of benzene rings is 1. The van der Waals surface area contributed by atoms with Gasteiger partial charge in [0.15, 0.2) is 0 Å². The molecule has 0 aliphatic rings. The Labute approximate surface area is 120 Å². The molecule has 4 N–H and O–H groups in total. The molecule has 0 bridgehead atoms. The van der Waals surface area contributed by atoms with E-state index in [1.54, 1.807) is 19.1 Å². The maximum Gasteiger partial charge on any atom is 0.271 e. The number of nitro groups is 1. The highest BCUT2D eigenvalue weighted by atomic mass is 16.6. The number of hydrogen-bond donors (Lipinski definition) is 3. The van der Waals surface area contributed by atoms with E-state index in [9.17, 15) is 14.9 Å². The SMILES string of the molecule is Cc1cc(NN)c(C(=O)Nc2cccc([N+](=O)[O-])c2)cn1. The van der Waals surface area contributed by atoms with E-state index in [0.29, 0.717) is 17.1 Å². The van der Waals surface area contributed by atoms with Gasteiger partial charge in [-0.05, 0) is 19.1 Å². The Bertz CT molecular complexity index is 702. The fourth-order valence-electron chi connectivity index (χ4n) is 1.76. The normalized spacial score (nSPS) is 10.0. The third-order valence-electron chi connectivity index (χ3n) is 2.76. The van der Waals surface area contributed by atoms with Crippen molar-refractivity contribution in [3.63, 3.8) is 0 Å². The molecule has 2 rings (SSSR count). The van der Waals surface area contributed by atoms with Crippen LogP contribution in [0.15, 0.2) is 36.5 Å². The van der Waals surface area contributed by atoms with E-state index in [-0.39, 0.29) is 11.3 Å². The minimum Gasteiger partial charge on any atom is -0.323 e. The smallest absolute Gasteiger partial charge is 0.271 e. The molecule has 0 atom stereocenters. The summed E-state index contributed by atoms with van der Waals surface area (Å²) in [4.78, 5) is 26.4. The Morgan fingerprint density at radius 3 is 2.81 bits per heavy atom. The number of hydrogen-bond acceptors (Lipinski definition) is 6. The number of nitrogens with zero attached hydrogens (tertiary/aromatic N) is 2. The molecule has 1 heterocycles. The van der Waals surface area contributed by atoms with Crippen LogP contribution >= 0.6 is 0 Å². The van der Waals surface area contributed by atoms with Gasteiger partial charge >= 0.3 is 0 Å². The van der Waals surface area contributed by atoms with Gasteiger partial charge in [-0.25, -0.2) is 0 Å². The first-order chi connectivity index (χ1) is 10.0. The summed E-state index contributed by atoms with van der Waals surface area (Å²) in [6.07, 6.45) is 1.39. The van der Waals surface area contributed by atoms with Gasteiger partial charge in [-0.3, -0.25) is 25.7 Å². The van der Waals surface area contributed by atoms with Crippen molar-refractivity contribution in [1.29, 1.82) is 0 Å². The molecule has 0 radical (unpaired) electrons. The van der Waals surface area contributed by atoms with Crippen LogP contribution in [-0.4, -0.2) is 15.8 Å². The molecular weight excluding hydrogens is 274 g/mol. The molecule has 108 valence electrons. The van der Waals surface area contributed by atoms with E-state index < -0.39 is 10.8 Å². The van der Waals surface area contributed by atoms with Gasteiger partial charge in [0.1, 0.15) is 0 Å². The van der Waals surface area contributed by atoms with Crippen LogP contribution in [0.4, 0.5) is 17.1 Å². The number of anilines is 2. The Morgan fingerprint density at radius 1 is 1.38 bits per heavy atom. The molecule has 8 heteroatoms. The topological polar surface area (TPSA) is 123 Å². The highest BCUT2D eigenvalue weighted by Crippen LogP contribution is 2.20. The van der Waals surface area contributed by atoms with Crippen LogP contribution in [0.3, 0.4) is 0 Å². The van der Waals surface area contributed by atoms with Gasteiger partial charge in [0, 0.05) is 29.7 Å². The fourth-order valence-corrected chi connectivity index (χ4v) is 1.76. The number of carbonyl (C=O) groups is 1. The fraction of sp³-hybridized carbons (Fsp3) is 0.0769. The summed E-state index contributed by atoms with van der Waals surface area (Å²) < 4.78 is 0. The molecule has 0 saturated carbocycles. The van der Waals surface area contributed by atoms with Crippen LogP contribution in [0.1, 0.15) is 16.1 Å². The molecule has 1 aromatic carbocycles. The first kappa shape index (κ1) is 14.4. The Morgan fingerprint density at radius 2 is 2.14 bits per heavy atom. The molecule has 0 aliphatic carbocycles. The molecule has 0 spiro atoms. The predicted octanol–water partition coefficient (Wildman–Crippen LogP) is 1.84. The molecule has 21 heavy (non-hydrogen) atoms. The van der Waals surface area contributed by atoms with Gasteiger partial charge in [0.25, 0.3) is 11.6 Å². The number of nitrogens with one attached hydrogen (secondary N) is 2. The third kappa shape index (κ3) is 3.31. The van der Waals surface area contributed by atoms with E-state index in [1.165, 1.54) is 24.4 Å². The lowest BCUT2D eigenvalue weighted by molar-refractivity contribution is -0.384. The lowest BCUT2D eigenvalue weighted by atomic mass is 10.2. The number of non-ortho nitro benzene ring substituents is 1. The second-order valence-electron chi connectivity index (χ2n) is 4.28. The number of aryl methyl sites for hydroxylation is 1. The molecule has 1 aromatic heterocycles. The zero-order valence-corrected chi connectivity index (χ0v) is 11.2. The molecule has 8 nitrogen and oxygen atoms in total. The van der Waals surface area contributed by atoms with Gasteiger partial charge in [0.05, 0.1) is 16.2 Å². The first-order valence-corrected chi connectivity index (χ1v) is 6.00. The highest BCUT2D eigenvalue weighted by Gasteiger charge is 2.13. The average Bonchev–Trinajstić information content (AvgIpc) is 2.47. The lowest BCUT2D eigenvalue weighted by Gasteiger charge is -2.10. The predicted molar refractivity (Wildman–Crippen MR) is 77.8 cm³/mol. The summed E-state index contributed by atoms with van der Waals surface area (Å²) in [5, 5.41) is 13.3. The minimum absolute atomic E-state index is 0.105. The number of nitro benzene ring substituents is 1. The van der Waals surface area contributed by atoms with Crippen LogP contribution in [-0.2, 0) is 0 Å². The summed E-state index contributed by atoms with van der Waals surface area (Å²) in [7, 11) is 0. The molecule has 0 fully saturated rings. The molecular formula is C13H13N5O3.